The van der Waals surface area contributed by atoms with Crippen molar-refractivity contribution < 1.29 is 9.53 Å². The maximum absolute atomic E-state index is 11.3. The normalized spacial score (nSPS) is 10.1. The molecule has 0 amide bonds. The lowest BCUT2D eigenvalue weighted by atomic mass is 10.4. The highest BCUT2D eigenvalue weighted by molar-refractivity contribution is 5.85. The molecular weight excluding hydrogens is 236 g/mol. The Kier molecular flexibility index (Phi) is 3.46. The van der Waals surface area contributed by atoms with Crippen molar-refractivity contribution >= 4 is 11.8 Å². The fourth-order valence-corrected chi connectivity index (χ4v) is 1.33. The third-order valence-corrected chi connectivity index (χ3v) is 2.12. The van der Waals surface area contributed by atoms with Crippen LogP contribution in [0.1, 0.15) is 22.1 Å². The summed E-state index contributed by atoms with van der Waals surface area (Å²) in [5.74, 6) is 0.657. The maximum Gasteiger partial charge on any atom is 0.376 e. The van der Waals surface area contributed by atoms with E-state index in [1.54, 1.807) is 13.0 Å². The van der Waals surface area contributed by atoms with Gasteiger partial charge in [-0.05, 0) is 6.92 Å². The van der Waals surface area contributed by atoms with Gasteiger partial charge in [-0.3, -0.25) is 5.10 Å². The lowest BCUT2D eigenvalue weighted by Gasteiger charge is -2.06. The molecule has 0 spiro atoms. The van der Waals surface area contributed by atoms with Crippen molar-refractivity contribution in [3.05, 3.63) is 29.7 Å². The van der Waals surface area contributed by atoms with E-state index in [1.807, 2.05) is 0 Å². The van der Waals surface area contributed by atoms with E-state index in [4.69, 9.17) is 0 Å². The van der Waals surface area contributed by atoms with E-state index in [0.717, 1.165) is 0 Å². The van der Waals surface area contributed by atoms with E-state index >= 15 is 0 Å². The summed E-state index contributed by atoms with van der Waals surface area (Å²) in [5.41, 5.74) is 0.672. The first-order valence-electron chi connectivity index (χ1n) is 5.21. The second-order valence-corrected chi connectivity index (χ2v) is 3.50. The van der Waals surface area contributed by atoms with E-state index < -0.39 is 5.97 Å². The van der Waals surface area contributed by atoms with Crippen molar-refractivity contribution in [2.45, 2.75) is 13.5 Å². The number of nitrogens with zero attached hydrogens (tertiary/aromatic N) is 4. The Morgan fingerprint density at radius 1 is 1.50 bits per heavy atom. The van der Waals surface area contributed by atoms with Crippen LogP contribution in [0.2, 0.25) is 0 Å². The predicted octanol–water partition coefficient (Wildman–Crippen LogP) is 0.302. The number of aromatic amines is 1. The van der Waals surface area contributed by atoms with Gasteiger partial charge in [0.1, 0.15) is 18.0 Å². The summed E-state index contributed by atoms with van der Waals surface area (Å²) in [4.78, 5) is 23.3. The van der Waals surface area contributed by atoms with Crippen molar-refractivity contribution in [3.63, 3.8) is 0 Å². The maximum atomic E-state index is 11.3. The highest BCUT2D eigenvalue weighted by Gasteiger charge is 2.11. The van der Waals surface area contributed by atoms with E-state index in [9.17, 15) is 4.79 Å². The van der Waals surface area contributed by atoms with Crippen LogP contribution in [0.5, 0.6) is 0 Å². The first kappa shape index (κ1) is 12.0. The molecule has 2 rings (SSSR count). The van der Waals surface area contributed by atoms with Gasteiger partial charge in [-0.25, -0.2) is 19.7 Å². The van der Waals surface area contributed by atoms with Crippen molar-refractivity contribution in [3.8, 4) is 0 Å². The Morgan fingerprint density at radius 3 is 3.00 bits per heavy atom. The lowest BCUT2D eigenvalue weighted by Crippen LogP contribution is -2.11. The van der Waals surface area contributed by atoms with E-state index in [2.05, 4.69) is 35.2 Å². The predicted molar refractivity (Wildman–Crippen MR) is 61.8 cm³/mol. The number of carbonyl (C=O) groups excluding carboxylic acids is 1. The molecule has 2 heterocycles. The molecule has 0 aromatic carbocycles. The zero-order valence-electron chi connectivity index (χ0n) is 9.97. The minimum atomic E-state index is -0.568. The van der Waals surface area contributed by atoms with Crippen LogP contribution < -0.4 is 5.32 Å². The minimum Gasteiger partial charge on any atom is -0.463 e. The molecule has 0 radical (unpaired) electrons. The standard InChI is InChI=1S/C10H12N6O2/c1-6-3-7(11-4-8-12-5-13-16-8)15-9(14-6)10(17)18-2/h3,5H,4H2,1-2H3,(H,11,14,15)(H,12,13,16). The molecule has 0 saturated heterocycles. The molecule has 0 aliphatic carbocycles. The van der Waals surface area contributed by atoms with Gasteiger partial charge in [0.2, 0.25) is 5.82 Å². The molecule has 0 aliphatic rings. The smallest absolute Gasteiger partial charge is 0.376 e. The van der Waals surface area contributed by atoms with Crippen molar-refractivity contribution in [2.24, 2.45) is 0 Å². The summed E-state index contributed by atoms with van der Waals surface area (Å²) < 4.78 is 4.58. The molecule has 2 N–H and O–H groups in total. The SMILES string of the molecule is COC(=O)c1nc(C)cc(NCc2ncn[nH]2)n1. The van der Waals surface area contributed by atoms with Gasteiger partial charge in [-0.15, -0.1) is 0 Å². The molecule has 0 fully saturated rings. The van der Waals surface area contributed by atoms with Gasteiger partial charge in [0.15, 0.2) is 0 Å². The zero-order valence-corrected chi connectivity index (χ0v) is 9.97. The van der Waals surface area contributed by atoms with Crippen molar-refractivity contribution in [1.82, 2.24) is 25.1 Å². The number of carbonyl (C=O) groups is 1. The largest absolute Gasteiger partial charge is 0.463 e. The number of aryl methyl sites for hydroxylation is 1. The quantitative estimate of drug-likeness (QED) is 0.749. The van der Waals surface area contributed by atoms with Gasteiger partial charge in [0.05, 0.1) is 13.7 Å². The van der Waals surface area contributed by atoms with E-state index in [0.29, 0.717) is 23.9 Å². The van der Waals surface area contributed by atoms with E-state index in [1.165, 1.54) is 13.4 Å². The molecule has 18 heavy (non-hydrogen) atoms. The van der Waals surface area contributed by atoms with Crippen LogP contribution in [0.15, 0.2) is 12.4 Å². The minimum absolute atomic E-state index is 0.0255. The Labute approximate surface area is 103 Å². The summed E-state index contributed by atoms with van der Waals surface area (Å²) >= 11 is 0. The number of aromatic nitrogens is 5. The van der Waals surface area contributed by atoms with E-state index in [-0.39, 0.29) is 5.82 Å². The number of esters is 1. The first-order chi connectivity index (χ1) is 8.69. The molecular formula is C10H12N6O2. The Bertz CT molecular complexity index is 539. The second kappa shape index (κ2) is 5.21. The molecule has 0 saturated carbocycles. The average Bonchev–Trinajstić information content (AvgIpc) is 2.88. The summed E-state index contributed by atoms with van der Waals surface area (Å²) in [6.07, 6.45) is 1.42. The van der Waals surface area contributed by atoms with Gasteiger partial charge in [-0.2, -0.15) is 5.10 Å². The molecule has 94 valence electrons. The number of H-pyrrole nitrogens is 1. The fraction of sp³-hybridized carbons (Fsp3) is 0.300. The van der Waals surface area contributed by atoms with Crippen LogP contribution in [0.3, 0.4) is 0 Å². The highest BCUT2D eigenvalue weighted by Crippen LogP contribution is 2.07. The molecule has 0 unspecified atom stereocenters. The molecule has 8 heteroatoms. The van der Waals surface area contributed by atoms with Gasteiger partial charge in [0.25, 0.3) is 0 Å². The number of methoxy groups -OCH3 is 1. The summed E-state index contributed by atoms with van der Waals surface area (Å²) in [7, 11) is 1.29. The molecule has 0 atom stereocenters. The summed E-state index contributed by atoms with van der Waals surface area (Å²) in [6, 6.07) is 1.73. The fourth-order valence-electron chi connectivity index (χ4n) is 1.33. The van der Waals surface area contributed by atoms with Crippen LogP contribution in [-0.4, -0.2) is 38.2 Å². The highest BCUT2D eigenvalue weighted by atomic mass is 16.5. The number of hydrogen-bond donors (Lipinski definition) is 2. The number of rotatable bonds is 4. The Balaban J connectivity index is 2.12. The number of anilines is 1. The van der Waals surface area contributed by atoms with Gasteiger partial charge < -0.3 is 10.1 Å². The Hall–Kier alpha value is -2.51. The molecule has 2 aromatic heterocycles. The second-order valence-electron chi connectivity index (χ2n) is 3.50. The van der Waals surface area contributed by atoms with Crippen LogP contribution in [0.25, 0.3) is 0 Å². The molecule has 8 nitrogen and oxygen atoms in total. The Morgan fingerprint density at radius 2 is 2.33 bits per heavy atom. The third kappa shape index (κ3) is 2.78. The van der Waals surface area contributed by atoms with Crippen LogP contribution >= 0.6 is 0 Å². The number of nitrogens with one attached hydrogen (secondary N) is 2. The van der Waals surface area contributed by atoms with Crippen LogP contribution in [-0.2, 0) is 11.3 Å². The monoisotopic (exact) mass is 248 g/mol. The summed E-state index contributed by atoms with van der Waals surface area (Å²) in [6.45, 7) is 2.20. The zero-order chi connectivity index (χ0) is 13.0. The molecule has 0 bridgehead atoms. The topological polar surface area (TPSA) is 106 Å². The van der Waals surface area contributed by atoms with Crippen molar-refractivity contribution in [1.29, 1.82) is 0 Å². The number of ether oxygens (including phenoxy) is 1. The van der Waals surface area contributed by atoms with Gasteiger partial charge in [0, 0.05) is 11.8 Å². The van der Waals surface area contributed by atoms with Gasteiger partial charge in [-0.1, -0.05) is 0 Å². The van der Waals surface area contributed by atoms with Crippen molar-refractivity contribution in [2.75, 3.05) is 12.4 Å². The molecule has 2 aromatic rings. The van der Waals surface area contributed by atoms with Crippen LogP contribution in [0.4, 0.5) is 5.82 Å². The third-order valence-electron chi connectivity index (χ3n) is 2.12. The van der Waals surface area contributed by atoms with Crippen LogP contribution in [0, 0.1) is 6.92 Å². The summed E-state index contributed by atoms with van der Waals surface area (Å²) in [5, 5.41) is 9.45. The first-order valence-corrected chi connectivity index (χ1v) is 5.21. The van der Waals surface area contributed by atoms with Gasteiger partial charge >= 0.3 is 5.97 Å². The molecule has 0 aliphatic heterocycles. The average molecular weight is 248 g/mol. The number of hydrogen-bond acceptors (Lipinski definition) is 7. The lowest BCUT2D eigenvalue weighted by molar-refractivity contribution is 0.0586.